The van der Waals surface area contributed by atoms with Gasteiger partial charge in [-0.15, -0.1) is 0 Å². The summed E-state index contributed by atoms with van der Waals surface area (Å²) in [6.07, 6.45) is -7.16. The monoisotopic (exact) mass is 322 g/mol. The summed E-state index contributed by atoms with van der Waals surface area (Å²) in [7, 11) is -7.42. The Hall–Kier alpha value is 0.280. The van der Waals surface area contributed by atoms with E-state index < -0.39 is 33.4 Å². The maximum absolute atomic E-state index is 12.2. The molecule has 14 heteroatoms. The molecule has 0 amide bonds. The molecule has 0 fully saturated rings. The molecule has 0 rings (SSSR count). The normalized spacial score (nSPS) is 15.2. The third-order valence-corrected chi connectivity index (χ3v) is 2.31. The van der Waals surface area contributed by atoms with Crippen LogP contribution in [0.25, 0.3) is 0 Å². The predicted octanol–water partition coefficient (Wildman–Crippen LogP) is -1.04. The summed E-state index contributed by atoms with van der Waals surface area (Å²) in [5.74, 6) is -14.8. The van der Waals surface area contributed by atoms with Crippen LogP contribution in [0.3, 0.4) is 0 Å². The fraction of sp³-hybridized carbons (Fsp3) is 1.00. The van der Waals surface area contributed by atoms with Gasteiger partial charge in [0.25, 0.3) is 0 Å². The van der Waals surface area contributed by atoms with E-state index in [9.17, 15) is 52.5 Å². The van der Waals surface area contributed by atoms with Crippen LogP contribution in [-0.4, -0.2) is 36.2 Å². The van der Waals surface area contributed by atoms with Gasteiger partial charge in [0.2, 0.25) is 0 Å². The molecule has 18 heavy (non-hydrogen) atoms. The van der Waals surface area contributed by atoms with Crippen molar-refractivity contribution in [3.63, 3.8) is 0 Å². The molecule has 0 unspecified atom stereocenters. The first-order valence-corrected chi connectivity index (χ1v) is 4.56. The standard InChI is InChI=1S/C4HF9O3S.Na/c5-1(6,3(9,10)11)2(7,8)4(12,13)17(14,15)16;/h(H,14,15,16);/q;+1/p-1. The molecule has 0 saturated carbocycles. The molecule has 3 nitrogen and oxygen atoms in total. The minimum atomic E-state index is -7.43. The molecular weight excluding hydrogens is 322 g/mol. The van der Waals surface area contributed by atoms with Crippen molar-refractivity contribution in [1.29, 1.82) is 0 Å². The molecule has 0 bridgehead atoms. The van der Waals surface area contributed by atoms with Crippen molar-refractivity contribution in [2.75, 3.05) is 0 Å². The summed E-state index contributed by atoms with van der Waals surface area (Å²) in [5.41, 5.74) is 0. The summed E-state index contributed by atoms with van der Waals surface area (Å²) < 4.78 is 135. The second-order valence-electron chi connectivity index (χ2n) is 2.62. The Kier molecular flexibility index (Phi) is 5.72. The van der Waals surface area contributed by atoms with Gasteiger partial charge in [0, 0.05) is 0 Å². The quantitative estimate of drug-likeness (QED) is 0.379. The SMILES string of the molecule is O=S(=O)([O-])C(F)(F)C(F)(F)C(F)(F)C(F)(F)F.[Na+]. The zero-order valence-electron chi connectivity index (χ0n) is 8.03. The van der Waals surface area contributed by atoms with E-state index in [0.29, 0.717) is 0 Å². The van der Waals surface area contributed by atoms with Gasteiger partial charge in [0.1, 0.15) is 0 Å². The van der Waals surface area contributed by atoms with Crippen LogP contribution in [0.1, 0.15) is 0 Å². The number of hydrogen-bond acceptors (Lipinski definition) is 3. The third-order valence-electron chi connectivity index (χ3n) is 1.43. The van der Waals surface area contributed by atoms with Crippen LogP contribution in [0, 0.1) is 0 Å². The third kappa shape index (κ3) is 2.89. The smallest absolute Gasteiger partial charge is 0.743 e. The Morgan fingerprint density at radius 1 is 0.722 bits per heavy atom. The minimum absolute atomic E-state index is 0. The van der Waals surface area contributed by atoms with Gasteiger partial charge in [0.15, 0.2) is 10.1 Å². The van der Waals surface area contributed by atoms with E-state index in [1.807, 2.05) is 0 Å². The van der Waals surface area contributed by atoms with E-state index in [0.717, 1.165) is 0 Å². The van der Waals surface area contributed by atoms with E-state index in [4.69, 9.17) is 0 Å². The molecule has 0 aromatic rings. The molecule has 0 aromatic heterocycles. The van der Waals surface area contributed by atoms with Gasteiger partial charge >= 0.3 is 52.8 Å². The molecule has 0 aromatic carbocycles. The fourth-order valence-corrected chi connectivity index (χ4v) is 0.960. The molecule has 0 heterocycles. The van der Waals surface area contributed by atoms with Gasteiger partial charge in [0.05, 0.1) is 0 Å². The van der Waals surface area contributed by atoms with Gasteiger partial charge in [-0.2, -0.15) is 39.5 Å². The minimum Gasteiger partial charge on any atom is -0.743 e. The molecule has 0 radical (unpaired) electrons. The molecule has 0 saturated heterocycles. The van der Waals surface area contributed by atoms with Gasteiger partial charge in [-0.05, 0) is 0 Å². The molecule has 0 N–H and O–H groups in total. The Morgan fingerprint density at radius 3 is 1.17 bits per heavy atom. The fourth-order valence-electron chi connectivity index (χ4n) is 0.518. The molecule has 0 aliphatic heterocycles. The van der Waals surface area contributed by atoms with Crippen molar-refractivity contribution < 1.29 is 82.0 Å². The van der Waals surface area contributed by atoms with Crippen molar-refractivity contribution in [1.82, 2.24) is 0 Å². The first-order chi connectivity index (χ1) is 7.00. The Balaban J connectivity index is 0. The number of hydrogen-bond donors (Lipinski definition) is 0. The molecule has 0 aliphatic carbocycles. The molecular formula is C4F9NaO3S. The van der Waals surface area contributed by atoms with Crippen LogP contribution in [0.15, 0.2) is 0 Å². The number of alkyl halides is 9. The van der Waals surface area contributed by atoms with Crippen LogP contribution in [0.5, 0.6) is 0 Å². The molecule has 0 aliphatic rings. The second kappa shape index (κ2) is 5.00. The summed E-state index contributed by atoms with van der Waals surface area (Å²) in [6, 6.07) is 0. The van der Waals surface area contributed by atoms with Crippen LogP contribution >= 0.6 is 0 Å². The maximum atomic E-state index is 12.2. The van der Waals surface area contributed by atoms with Crippen molar-refractivity contribution in [3.8, 4) is 0 Å². The zero-order valence-corrected chi connectivity index (χ0v) is 10.9. The van der Waals surface area contributed by atoms with Crippen LogP contribution in [0.2, 0.25) is 0 Å². The molecule has 0 atom stereocenters. The maximum Gasteiger partial charge on any atom is 1.00 e. The Labute approximate surface area is 115 Å². The topological polar surface area (TPSA) is 57.2 Å². The zero-order chi connectivity index (χ0) is 14.5. The van der Waals surface area contributed by atoms with Gasteiger partial charge < -0.3 is 4.55 Å². The van der Waals surface area contributed by atoms with E-state index in [2.05, 4.69) is 0 Å². The van der Waals surface area contributed by atoms with Crippen LogP contribution in [0.4, 0.5) is 39.5 Å². The van der Waals surface area contributed by atoms with Gasteiger partial charge in [-0.25, -0.2) is 8.42 Å². The largest absolute Gasteiger partial charge is 1.00 e. The molecule has 0 spiro atoms. The van der Waals surface area contributed by atoms with E-state index >= 15 is 0 Å². The van der Waals surface area contributed by atoms with Crippen molar-refractivity contribution >= 4 is 10.1 Å². The van der Waals surface area contributed by atoms with E-state index in [-0.39, 0.29) is 29.6 Å². The average Bonchev–Trinajstić information content (AvgIpc) is 1.98. The molecule has 104 valence electrons. The van der Waals surface area contributed by atoms with Crippen LogP contribution in [-0.2, 0) is 10.1 Å². The summed E-state index contributed by atoms with van der Waals surface area (Å²) >= 11 is 0. The van der Waals surface area contributed by atoms with Crippen LogP contribution < -0.4 is 29.6 Å². The van der Waals surface area contributed by atoms with E-state index in [1.165, 1.54) is 0 Å². The summed E-state index contributed by atoms with van der Waals surface area (Å²) in [4.78, 5) is 0. The van der Waals surface area contributed by atoms with Crippen molar-refractivity contribution in [2.24, 2.45) is 0 Å². The average molecular weight is 322 g/mol. The first kappa shape index (κ1) is 20.6. The van der Waals surface area contributed by atoms with Crippen molar-refractivity contribution in [2.45, 2.75) is 23.3 Å². The van der Waals surface area contributed by atoms with Crippen molar-refractivity contribution in [3.05, 3.63) is 0 Å². The second-order valence-corrected chi connectivity index (χ2v) is 4.04. The summed E-state index contributed by atoms with van der Waals surface area (Å²) in [6.45, 7) is 0. The summed E-state index contributed by atoms with van der Waals surface area (Å²) in [5, 5.41) is -7.11. The van der Waals surface area contributed by atoms with Gasteiger partial charge in [-0.3, -0.25) is 0 Å². The Morgan fingerprint density at radius 2 is 1.00 bits per heavy atom. The number of halogens is 9. The van der Waals surface area contributed by atoms with E-state index in [1.54, 1.807) is 0 Å². The Bertz CT molecular complexity index is 399. The predicted molar refractivity (Wildman–Crippen MR) is 30.6 cm³/mol. The van der Waals surface area contributed by atoms with Gasteiger partial charge in [-0.1, -0.05) is 0 Å². The first-order valence-electron chi connectivity index (χ1n) is 3.15. The number of rotatable bonds is 3.